The van der Waals surface area contributed by atoms with Crippen LogP contribution in [-0.4, -0.2) is 46.4 Å². The molecule has 230 valence electrons. The molecule has 0 fully saturated rings. The third kappa shape index (κ3) is 7.98. The topological polar surface area (TPSA) is 144 Å². The van der Waals surface area contributed by atoms with Gasteiger partial charge in [-0.2, -0.15) is 10.2 Å². The minimum atomic E-state index is -0.234. The van der Waals surface area contributed by atoms with Crippen LogP contribution in [0.25, 0.3) is 45.1 Å². The molecular formula is C32H39N6O3P3. The maximum atomic E-state index is 11.1. The molecule has 3 heterocycles. The van der Waals surface area contributed by atoms with Crippen molar-refractivity contribution in [3.05, 3.63) is 90.1 Å². The molecule has 0 radical (unpaired) electrons. The molecule has 9 nitrogen and oxygen atoms in total. The first-order valence-electron chi connectivity index (χ1n) is 13.4. The summed E-state index contributed by atoms with van der Waals surface area (Å²) in [5.74, 6) is 0.352. The molecule has 0 spiro atoms. The predicted molar refractivity (Wildman–Crippen MR) is 190 cm³/mol. The van der Waals surface area contributed by atoms with Gasteiger partial charge in [0.1, 0.15) is 22.8 Å². The number of fused-ring (bicyclic) bond motifs is 1. The normalized spacial score (nSPS) is 10.7. The number of aromatic nitrogens is 6. The summed E-state index contributed by atoms with van der Waals surface area (Å²) in [6, 6.07) is 25.0. The van der Waals surface area contributed by atoms with Crippen LogP contribution in [0, 0.1) is 0 Å². The van der Waals surface area contributed by atoms with Gasteiger partial charge in [0, 0.05) is 18.1 Å². The van der Waals surface area contributed by atoms with Gasteiger partial charge in [-0.25, -0.2) is 4.98 Å². The Labute approximate surface area is 263 Å². The van der Waals surface area contributed by atoms with Crippen LogP contribution in [0.15, 0.2) is 78.9 Å². The highest BCUT2D eigenvalue weighted by Gasteiger charge is 2.20. The van der Waals surface area contributed by atoms with E-state index in [-0.39, 0.29) is 35.8 Å². The number of hydrogen-bond acceptors (Lipinski definition) is 6. The summed E-state index contributed by atoms with van der Waals surface area (Å²) in [6.07, 6.45) is 0. The van der Waals surface area contributed by atoms with Crippen LogP contribution >= 0.6 is 25.8 Å². The number of aromatic amines is 3. The number of nitrogens with one attached hydrogen (secondary N) is 3. The van der Waals surface area contributed by atoms with Gasteiger partial charge in [-0.15, -0.1) is 17.9 Å². The Balaban J connectivity index is 0.000000239. The third-order valence-corrected chi connectivity index (χ3v) is 6.51. The van der Waals surface area contributed by atoms with Gasteiger partial charge in [0.2, 0.25) is 0 Å². The van der Waals surface area contributed by atoms with E-state index in [1.54, 1.807) is 0 Å². The van der Waals surface area contributed by atoms with E-state index in [0.717, 1.165) is 30.1 Å². The van der Waals surface area contributed by atoms with E-state index in [1.807, 2.05) is 66.7 Å². The lowest BCUT2D eigenvalue weighted by atomic mass is 9.87. The van der Waals surface area contributed by atoms with Crippen molar-refractivity contribution >= 4 is 42.6 Å². The fourth-order valence-corrected chi connectivity index (χ4v) is 4.27. The molecule has 12 heteroatoms. The summed E-state index contributed by atoms with van der Waals surface area (Å²) in [5, 5.41) is 33.9. The highest BCUT2D eigenvalue weighted by molar-refractivity contribution is 8.33. The highest BCUT2D eigenvalue weighted by atomic mass is 32.4. The average Bonchev–Trinajstić information content (AvgIpc) is 3.70. The van der Waals surface area contributed by atoms with Gasteiger partial charge in [0.05, 0.1) is 11.0 Å². The number of nitrogens with zero attached hydrogens (tertiary/aromatic N) is 3. The van der Waals surface area contributed by atoms with Gasteiger partial charge in [-0.05, 0) is 23.1 Å². The second kappa shape index (κ2) is 15.2. The van der Waals surface area contributed by atoms with Crippen molar-refractivity contribution in [1.82, 2.24) is 30.4 Å². The zero-order valence-electron chi connectivity index (χ0n) is 24.3. The van der Waals surface area contributed by atoms with Crippen molar-refractivity contribution in [2.75, 3.05) is 0 Å². The molecular weight excluding hydrogens is 609 g/mol. The first-order valence-corrected chi connectivity index (χ1v) is 18.0. The maximum Gasteiger partial charge on any atom is 0.181 e. The molecule has 0 aliphatic carbocycles. The van der Waals surface area contributed by atoms with Crippen LogP contribution in [-0.2, 0) is 5.41 Å². The summed E-state index contributed by atoms with van der Waals surface area (Å²) >= 11 is 0. The van der Waals surface area contributed by atoms with E-state index in [9.17, 15) is 15.0 Å². The quantitative estimate of drug-likeness (QED) is 0.0958. The van der Waals surface area contributed by atoms with Gasteiger partial charge >= 0.3 is 0 Å². The van der Waals surface area contributed by atoms with Crippen LogP contribution in [0.1, 0.15) is 51.2 Å². The minimum absolute atomic E-state index is 0. The summed E-state index contributed by atoms with van der Waals surface area (Å²) in [7, 11) is 6.06. The first kappa shape index (κ1) is 34.6. The lowest BCUT2D eigenvalue weighted by molar-refractivity contribution is 0.101. The van der Waals surface area contributed by atoms with Gasteiger partial charge in [0.15, 0.2) is 23.1 Å². The molecule has 0 aliphatic heterocycles. The summed E-state index contributed by atoms with van der Waals surface area (Å²) in [4.78, 5) is 19.0. The maximum absolute atomic E-state index is 11.1. The van der Waals surface area contributed by atoms with Crippen molar-refractivity contribution in [1.29, 1.82) is 0 Å². The number of ketones is 1. The minimum Gasteiger partial charge on any atom is -0.504 e. The number of imidazole rings is 1. The molecule has 0 saturated heterocycles. The number of benzene rings is 3. The lowest BCUT2D eigenvalue weighted by Gasteiger charge is -2.18. The Bertz CT molecular complexity index is 1810. The van der Waals surface area contributed by atoms with Gasteiger partial charge in [-0.1, -0.05) is 103 Å². The van der Waals surface area contributed by atoms with Gasteiger partial charge in [-0.3, -0.25) is 15.0 Å². The molecule has 0 bridgehead atoms. The SMILES string of the molecule is C.CC(=O)c1[nH]nc(-c2ccccc2)c1O.CC(C)(C)c1ccc2nc(-c3[nH]nc(-c4ccccc4)c3O)[nH]c2c1.PPP. The Morgan fingerprint density at radius 2 is 1.34 bits per heavy atom. The standard InChI is InChI=1S/C20H20N4O.C11H10N2O2.CH4.H5P3/c1-20(2,3)13-9-10-14-15(11-13)22-19(21-14)17-18(25)16(23-24-17)12-7-5-4-6-8-12;1-7(14)9-11(15)10(13-12-9)8-5-3-2-4-6-8;;1-3-2/h4-11,25H,1-3H3,(H,21,22)(H,23,24);2-6,15H,1H3,(H,12,13);1H4;3H,1-2H2. The zero-order valence-corrected chi connectivity index (χ0v) is 27.6. The van der Waals surface area contributed by atoms with Crippen molar-refractivity contribution in [2.45, 2.75) is 40.5 Å². The predicted octanol–water partition coefficient (Wildman–Crippen LogP) is 8.49. The van der Waals surface area contributed by atoms with Crippen LogP contribution in [0.4, 0.5) is 0 Å². The third-order valence-electron chi connectivity index (χ3n) is 6.51. The van der Waals surface area contributed by atoms with E-state index < -0.39 is 0 Å². The number of H-pyrrole nitrogens is 3. The van der Waals surface area contributed by atoms with Crippen LogP contribution in [0.5, 0.6) is 11.5 Å². The molecule has 2 unspecified atom stereocenters. The molecule has 6 aromatic rings. The second-order valence-electron chi connectivity index (χ2n) is 10.6. The molecule has 0 amide bonds. The number of aromatic hydroxyl groups is 2. The van der Waals surface area contributed by atoms with Gasteiger partial charge in [0.25, 0.3) is 0 Å². The molecule has 5 N–H and O–H groups in total. The number of Topliss-reactive ketones (excluding diaryl/α,β-unsaturated/α-hetero) is 1. The molecule has 0 aliphatic rings. The van der Waals surface area contributed by atoms with Crippen LogP contribution in [0.3, 0.4) is 0 Å². The molecule has 0 saturated carbocycles. The average molecular weight is 649 g/mol. The van der Waals surface area contributed by atoms with E-state index >= 15 is 0 Å². The number of carbonyl (C=O) groups excluding carboxylic acids is 1. The van der Waals surface area contributed by atoms with Crippen LogP contribution < -0.4 is 0 Å². The van der Waals surface area contributed by atoms with Gasteiger partial charge < -0.3 is 15.2 Å². The van der Waals surface area contributed by atoms with E-state index in [2.05, 4.69) is 81.1 Å². The monoisotopic (exact) mass is 648 g/mol. The number of hydrogen-bond donors (Lipinski definition) is 5. The number of carbonyl (C=O) groups is 1. The highest BCUT2D eigenvalue weighted by Crippen LogP contribution is 2.36. The summed E-state index contributed by atoms with van der Waals surface area (Å²) in [6.45, 7) is 7.91. The Morgan fingerprint density at radius 1 is 0.818 bits per heavy atom. The first-order chi connectivity index (χ1) is 20.5. The fourth-order valence-electron chi connectivity index (χ4n) is 4.27. The molecule has 3 aromatic carbocycles. The Hall–Kier alpha value is -3.89. The fraction of sp³-hybridized carbons (Fsp3) is 0.188. The largest absolute Gasteiger partial charge is 0.504 e. The van der Waals surface area contributed by atoms with Crippen LogP contribution in [0.2, 0.25) is 0 Å². The molecule has 44 heavy (non-hydrogen) atoms. The van der Waals surface area contributed by atoms with E-state index in [1.165, 1.54) is 12.5 Å². The Kier molecular flexibility index (Phi) is 12.0. The van der Waals surface area contributed by atoms with E-state index in [4.69, 9.17) is 0 Å². The smallest absolute Gasteiger partial charge is 0.181 e. The Morgan fingerprint density at radius 3 is 1.84 bits per heavy atom. The number of rotatable bonds is 4. The van der Waals surface area contributed by atoms with E-state index in [0.29, 0.717) is 22.9 Å². The second-order valence-corrected chi connectivity index (χ2v) is 14.9. The van der Waals surface area contributed by atoms with Crippen molar-refractivity contribution < 1.29 is 15.0 Å². The molecule has 6 rings (SSSR count). The lowest BCUT2D eigenvalue weighted by Crippen LogP contribution is -2.10. The van der Waals surface area contributed by atoms with Crippen molar-refractivity contribution in [3.63, 3.8) is 0 Å². The summed E-state index contributed by atoms with van der Waals surface area (Å²) in [5.41, 5.74) is 6.29. The van der Waals surface area contributed by atoms with Crippen molar-refractivity contribution in [2.24, 2.45) is 0 Å². The zero-order chi connectivity index (χ0) is 31.1. The van der Waals surface area contributed by atoms with Crippen molar-refractivity contribution in [3.8, 4) is 45.5 Å². The summed E-state index contributed by atoms with van der Waals surface area (Å²) < 4.78 is 0. The molecule has 2 atom stereocenters. The molecule has 3 aromatic heterocycles.